The molecule has 1 atom stereocenters. The molecule has 1 saturated carbocycles. The summed E-state index contributed by atoms with van der Waals surface area (Å²) in [5, 5.41) is 2.88. The van der Waals surface area contributed by atoms with Gasteiger partial charge in [0.2, 0.25) is 0 Å². The Morgan fingerprint density at radius 1 is 1.12 bits per heavy atom. The SMILES string of the molecule is O=C(NC1CCCCC1)N1CCS[C@H]1c1ccc(C(F)(F)F)cc1. The van der Waals surface area contributed by atoms with E-state index in [0.717, 1.165) is 49.1 Å². The fourth-order valence-corrected chi connectivity index (χ4v) is 4.55. The Morgan fingerprint density at radius 3 is 2.42 bits per heavy atom. The molecule has 7 heteroatoms. The molecule has 1 aliphatic carbocycles. The Balaban J connectivity index is 1.67. The third kappa shape index (κ3) is 3.99. The summed E-state index contributed by atoms with van der Waals surface area (Å²) in [5.74, 6) is 0.795. The largest absolute Gasteiger partial charge is 0.416 e. The van der Waals surface area contributed by atoms with Crippen LogP contribution in [-0.4, -0.2) is 29.3 Å². The fraction of sp³-hybridized carbons (Fsp3) is 0.588. The van der Waals surface area contributed by atoms with Crippen molar-refractivity contribution >= 4 is 17.8 Å². The van der Waals surface area contributed by atoms with Crippen molar-refractivity contribution in [2.24, 2.45) is 0 Å². The number of alkyl halides is 3. The van der Waals surface area contributed by atoms with Crippen LogP contribution in [0.4, 0.5) is 18.0 Å². The minimum atomic E-state index is -4.33. The maximum absolute atomic E-state index is 12.7. The molecular formula is C17H21F3N2OS. The predicted molar refractivity (Wildman–Crippen MR) is 88.8 cm³/mol. The highest BCUT2D eigenvalue weighted by Crippen LogP contribution is 2.39. The molecule has 1 N–H and O–H groups in total. The van der Waals surface area contributed by atoms with E-state index in [0.29, 0.717) is 6.54 Å². The summed E-state index contributed by atoms with van der Waals surface area (Å²) < 4.78 is 38.0. The Labute approximate surface area is 144 Å². The van der Waals surface area contributed by atoms with Crippen molar-refractivity contribution in [2.45, 2.75) is 49.7 Å². The van der Waals surface area contributed by atoms with Gasteiger partial charge >= 0.3 is 12.2 Å². The summed E-state index contributed by atoms with van der Waals surface area (Å²) in [5.41, 5.74) is 0.0803. The van der Waals surface area contributed by atoms with Crippen LogP contribution in [0.2, 0.25) is 0 Å². The van der Waals surface area contributed by atoms with Gasteiger partial charge in [-0.25, -0.2) is 4.79 Å². The molecule has 2 aliphatic rings. The summed E-state index contributed by atoms with van der Waals surface area (Å²) in [7, 11) is 0. The molecule has 0 spiro atoms. The zero-order valence-electron chi connectivity index (χ0n) is 13.3. The van der Waals surface area contributed by atoms with E-state index in [1.807, 2.05) is 0 Å². The van der Waals surface area contributed by atoms with Crippen LogP contribution >= 0.6 is 11.8 Å². The molecule has 24 heavy (non-hydrogen) atoms. The van der Waals surface area contributed by atoms with Crippen molar-refractivity contribution in [1.29, 1.82) is 0 Å². The van der Waals surface area contributed by atoms with Crippen LogP contribution < -0.4 is 5.32 Å². The fourth-order valence-electron chi connectivity index (χ4n) is 3.30. The van der Waals surface area contributed by atoms with E-state index in [2.05, 4.69) is 5.32 Å². The number of nitrogens with one attached hydrogen (secondary N) is 1. The van der Waals surface area contributed by atoms with Gasteiger partial charge in [0.25, 0.3) is 0 Å². The summed E-state index contributed by atoms with van der Waals surface area (Å²) >= 11 is 1.59. The molecule has 132 valence electrons. The minimum Gasteiger partial charge on any atom is -0.335 e. The number of hydrogen-bond acceptors (Lipinski definition) is 2. The van der Waals surface area contributed by atoms with Crippen LogP contribution in [0.15, 0.2) is 24.3 Å². The van der Waals surface area contributed by atoms with Gasteiger partial charge in [0.1, 0.15) is 5.37 Å². The van der Waals surface area contributed by atoms with Gasteiger partial charge < -0.3 is 10.2 Å². The molecule has 3 nitrogen and oxygen atoms in total. The third-order valence-corrected chi connectivity index (χ3v) is 5.87. The molecule has 1 aromatic carbocycles. The van der Waals surface area contributed by atoms with E-state index in [1.165, 1.54) is 18.6 Å². The van der Waals surface area contributed by atoms with Crippen molar-refractivity contribution in [3.8, 4) is 0 Å². The van der Waals surface area contributed by atoms with Crippen LogP contribution in [0.3, 0.4) is 0 Å². The Bertz CT molecular complexity index is 570. The highest BCUT2D eigenvalue weighted by Gasteiger charge is 2.34. The lowest BCUT2D eigenvalue weighted by molar-refractivity contribution is -0.137. The van der Waals surface area contributed by atoms with Crippen LogP contribution in [0.25, 0.3) is 0 Å². The average molecular weight is 358 g/mol. The molecule has 3 rings (SSSR count). The molecular weight excluding hydrogens is 337 g/mol. The van der Waals surface area contributed by atoms with E-state index in [9.17, 15) is 18.0 Å². The summed E-state index contributed by atoms with van der Waals surface area (Å²) in [6.07, 6.45) is 1.19. The molecule has 2 fully saturated rings. The number of halogens is 3. The number of carbonyl (C=O) groups excluding carboxylic acids is 1. The van der Waals surface area contributed by atoms with E-state index < -0.39 is 11.7 Å². The third-order valence-electron chi connectivity index (χ3n) is 4.61. The van der Waals surface area contributed by atoms with Gasteiger partial charge in [-0.1, -0.05) is 31.4 Å². The second-order valence-corrected chi connectivity index (χ2v) is 7.51. The van der Waals surface area contributed by atoms with E-state index in [1.54, 1.807) is 16.7 Å². The maximum Gasteiger partial charge on any atom is 0.416 e. The van der Waals surface area contributed by atoms with Gasteiger partial charge in [-0.3, -0.25) is 0 Å². The topological polar surface area (TPSA) is 32.3 Å². The monoisotopic (exact) mass is 358 g/mol. The molecule has 1 saturated heterocycles. The van der Waals surface area contributed by atoms with Crippen molar-refractivity contribution in [2.75, 3.05) is 12.3 Å². The zero-order chi connectivity index (χ0) is 17.2. The zero-order valence-corrected chi connectivity index (χ0v) is 14.1. The number of hydrogen-bond donors (Lipinski definition) is 1. The highest BCUT2D eigenvalue weighted by molar-refractivity contribution is 7.99. The number of urea groups is 1. The summed E-state index contributed by atoms with van der Waals surface area (Å²) in [4.78, 5) is 14.3. The van der Waals surface area contributed by atoms with Gasteiger partial charge in [0, 0.05) is 18.3 Å². The molecule has 0 unspecified atom stereocenters. The number of rotatable bonds is 2. The van der Waals surface area contributed by atoms with Gasteiger partial charge in [-0.2, -0.15) is 13.2 Å². The highest BCUT2D eigenvalue weighted by atomic mass is 32.2. The lowest BCUT2D eigenvalue weighted by Crippen LogP contribution is -2.45. The molecule has 0 bridgehead atoms. The number of thioether (sulfide) groups is 1. The minimum absolute atomic E-state index is 0.100. The second-order valence-electron chi connectivity index (χ2n) is 6.32. The summed E-state index contributed by atoms with van der Waals surface area (Å²) in [6, 6.07) is 5.26. The van der Waals surface area contributed by atoms with Gasteiger partial charge in [0.15, 0.2) is 0 Å². The Hall–Kier alpha value is -1.37. The van der Waals surface area contributed by atoms with E-state index in [4.69, 9.17) is 0 Å². The average Bonchev–Trinajstić information content (AvgIpc) is 3.05. The number of carbonyl (C=O) groups is 1. The van der Waals surface area contributed by atoms with E-state index >= 15 is 0 Å². The van der Waals surface area contributed by atoms with Crippen LogP contribution in [0, 0.1) is 0 Å². The maximum atomic E-state index is 12.7. The molecule has 2 amide bonds. The summed E-state index contributed by atoms with van der Waals surface area (Å²) in [6.45, 7) is 0.620. The van der Waals surface area contributed by atoms with Crippen molar-refractivity contribution in [1.82, 2.24) is 10.2 Å². The van der Waals surface area contributed by atoms with Gasteiger partial charge in [0.05, 0.1) is 5.56 Å². The Morgan fingerprint density at radius 2 is 1.79 bits per heavy atom. The van der Waals surface area contributed by atoms with Crippen molar-refractivity contribution in [3.05, 3.63) is 35.4 Å². The lowest BCUT2D eigenvalue weighted by Gasteiger charge is -2.29. The number of benzene rings is 1. The molecule has 1 aliphatic heterocycles. The molecule has 1 heterocycles. The second kappa shape index (κ2) is 7.25. The quantitative estimate of drug-likeness (QED) is 0.824. The standard InChI is InChI=1S/C17H21F3N2OS/c18-17(19,20)13-8-6-12(7-9-13)15-22(10-11-24-15)16(23)21-14-4-2-1-3-5-14/h6-9,14-15H,1-5,10-11H2,(H,21,23)/t15-/m0/s1. The predicted octanol–water partition coefficient (Wildman–Crippen LogP) is 4.80. The first-order valence-electron chi connectivity index (χ1n) is 8.31. The number of amides is 2. The molecule has 0 radical (unpaired) electrons. The molecule has 0 aromatic heterocycles. The van der Waals surface area contributed by atoms with Crippen LogP contribution in [0.5, 0.6) is 0 Å². The first-order valence-corrected chi connectivity index (χ1v) is 9.36. The van der Waals surface area contributed by atoms with Gasteiger partial charge in [-0.05, 0) is 30.5 Å². The van der Waals surface area contributed by atoms with Crippen LogP contribution in [-0.2, 0) is 6.18 Å². The molecule has 1 aromatic rings. The smallest absolute Gasteiger partial charge is 0.335 e. The normalized spacial score (nSPS) is 22.6. The lowest BCUT2D eigenvalue weighted by atomic mass is 9.96. The van der Waals surface area contributed by atoms with Crippen molar-refractivity contribution in [3.63, 3.8) is 0 Å². The first-order chi connectivity index (χ1) is 11.4. The number of nitrogens with zero attached hydrogens (tertiary/aromatic N) is 1. The Kier molecular flexibility index (Phi) is 5.27. The van der Waals surface area contributed by atoms with Gasteiger partial charge in [-0.15, -0.1) is 11.8 Å². The first kappa shape index (κ1) is 17.5. The van der Waals surface area contributed by atoms with E-state index in [-0.39, 0.29) is 17.4 Å². The van der Waals surface area contributed by atoms with Crippen molar-refractivity contribution < 1.29 is 18.0 Å². The van der Waals surface area contributed by atoms with Crippen LogP contribution in [0.1, 0.15) is 48.6 Å².